The third-order valence-electron chi connectivity index (χ3n) is 3.05. The van der Waals surface area contributed by atoms with Crippen LogP contribution >= 0.6 is 0 Å². The van der Waals surface area contributed by atoms with E-state index in [0.29, 0.717) is 13.2 Å². The lowest BCUT2D eigenvalue weighted by atomic mass is 10.2. The highest BCUT2D eigenvalue weighted by Gasteiger charge is 2.28. The summed E-state index contributed by atoms with van der Waals surface area (Å²) in [5, 5.41) is 0. The summed E-state index contributed by atoms with van der Waals surface area (Å²) in [6, 6.07) is -0.438. The third kappa shape index (κ3) is 11.3. The Morgan fingerprint density at radius 3 is 2.44 bits per heavy atom. The Labute approximate surface area is 152 Å². The molecule has 0 N–H and O–H groups in total. The Balaban J connectivity index is 5.00. The van der Waals surface area contributed by atoms with Crippen LogP contribution in [0.25, 0.3) is 0 Å². The lowest BCUT2D eigenvalue weighted by Gasteiger charge is -2.28. The van der Waals surface area contributed by atoms with Crippen LogP contribution in [0.4, 0.5) is 4.79 Å². The first-order valence-corrected chi connectivity index (χ1v) is 8.82. The summed E-state index contributed by atoms with van der Waals surface area (Å²) >= 11 is 0. The van der Waals surface area contributed by atoms with Gasteiger partial charge in [0.1, 0.15) is 5.60 Å². The number of hydrogen-bond acceptors (Lipinski definition) is 4. The molecule has 1 atom stereocenters. The third-order valence-corrected chi connectivity index (χ3v) is 3.05. The molecule has 0 rings (SSSR count). The number of ether oxygens (including phenoxy) is 2. The molecule has 0 aromatic heterocycles. The van der Waals surface area contributed by atoms with E-state index in [1.807, 2.05) is 13.0 Å². The molecule has 0 heterocycles. The Morgan fingerprint density at radius 2 is 1.88 bits per heavy atom. The molecule has 0 aromatic rings. The molecule has 0 aliphatic heterocycles. The first-order chi connectivity index (χ1) is 11.7. The molecule has 0 aliphatic rings. The Kier molecular flexibility index (Phi) is 11.5. The van der Waals surface area contributed by atoms with Gasteiger partial charge >= 0.3 is 6.09 Å². The summed E-state index contributed by atoms with van der Waals surface area (Å²) in [6.07, 6.45) is 11.5. The van der Waals surface area contributed by atoms with Gasteiger partial charge in [-0.05, 0) is 41.0 Å². The molecule has 0 unspecified atom stereocenters. The van der Waals surface area contributed by atoms with E-state index in [1.165, 1.54) is 6.08 Å². The number of imide groups is 1. The minimum absolute atomic E-state index is 0.420. The van der Waals surface area contributed by atoms with Crippen LogP contribution in [0.1, 0.15) is 54.4 Å². The van der Waals surface area contributed by atoms with E-state index in [2.05, 4.69) is 6.92 Å². The lowest BCUT2D eigenvalue weighted by molar-refractivity contribution is -0.126. The maximum atomic E-state index is 12.4. The van der Waals surface area contributed by atoms with Crippen molar-refractivity contribution in [2.45, 2.75) is 66.0 Å². The maximum Gasteiger partial charge on any atom is 0.417 e. The zero-order chi connectivity index (χ0) is 19.3. The Hall–Kier alpha value is -1.88. The van der Waals surface area contributed by atoms with Crippen molar-refractivity contribution in [1.29, 1.82) is 0 Å². The van der Waals surface area contributed by atoms with E-state index in [4.69, 9.17) is 9.47 Å². The van der Waals surface area contributed by atoms with Gasteiger partial charge in [0.25, 0.3) is 5.91 Å². The van der Waals surface area contributed by atoms with Gasteiger partial charge in [-0.3, -0.25) is 4.79 Å². The number of allylic oxidation sites excluding steroid dienone is 3. The van der Waals surface area contributed by atoms with Gasteiger partial charge in [0.15, 0.2) is 0 Å². The summed E-state index contributed by atoms with van der Waals surface area (Å²) < 4.78 is 10.8. The average Bonchev–Trinajstić information content (AvgIpc) is 2.49. The number of amides is 2. The van der Waals surface area contributed by atoms with Crippen molar-refractivity contribution in [2.24, 2.45) is 0 Å². The zero-order valence-corrected chi connectivity index (χ0v) is 16.5. The lowest BCUT2D eigenvalue weighted by Crippen LogP contribution is -2.44. The summed E-state index contributed by atoms with van der Waals surface area (Å²) in [5.74, 6) is -0.420. The number of hydrogen-bond donors (Lipinski definition) is 0. The molecule has 0 aromatic carbocycles. The van der Waals surface area contributed by atoms with E-state index in [9.17, 15) is 9.59 Å². The van der Waals surface area contributed by atoms with Crippen molar-refractivity contribution in [3.63, 3.8) is 0 Å². The fourth-order valence-electron chi connectivity index (χ4n) is 1.83. The van der Waals surface area contributed by atoms with Crippen molar-refractivity contribution in [2.75, 3.05) is 13.2 Å². The molecule has 5 nitrogen and oxygen atoms in total. The summed E-state index contributed by atoms with van der Waals surface area (Å²) in [7, 11) is 0. The Bertz CT molecular complexity index is 486. The number of carbonyl (C=O) groups excluding carboxylic acids is 2. The summed E-state index contributed by atoms with van der Waals surface area (Å²) in [5.41, 5.74) is -0.671. The monoisotopic (exact) mass is 351 g/mol. The number of rotatable bonds is 9. The molecule has 0 radical (unpaired) electrons. The highest BCUT2D eigenvalue weighted by atomic mass is 16.6. The largest absolute Gasteiger partial charge is 0.443 e. The van der Waals surface area contributed by atoms with Crippen LogP contribution in [0, 0.1) is 0 Å². The molecule has 0 spiro atoms. The highest BCUT2D eigenvalue weighted by Crippen LogP contribution is 2.13. The molecule has 25 heavy (non-hydrogen) atoms. The van der Waals surface area contributed by atoms with Gasteiger partial charge in [-0.2, -0.15) is 0 Å². The van der Waals surface area contributed by atoms with Gasteiger partial charge in [0.2, 0.25) is 0 Å². The normalized spacial score (nSPS) is 13.7. The average molecular weight is 351 g/mol. The fourth-order valence-corrected chi connectivity index (χ4v) is 1.83. The summed E-state index contributed by atoms with van der Waals surface area (Å²) in [6.45, 7) is 12.2. The first-order valence-electron chi connectivity index (χ1n) is 8.82. The van der Waals surface area contributed by atoms with Gasteiger partial charge in [-0.25, -0.2) is 9.69 Å². The second kappa shape index (κ2) is 12.5. The van der Waals surface area contributed by atoms with Crippen LogP contribution in [0.3, 0.4) is 0 Å². The molecule has 0 bridgehead atoms. The molecule has 0 saturated carbocycles. The number of unbranched alkanes of at least 4 members (excludes halogenated alkanes) is 1. The highest BCUT2D eigenvalue weighted by molar-refractivity contribution is 5.99. The summed E-state index contributed by atoms with van der Waals surface area (Å²) in [4.78, 5) is 25.9. The molecule has 2 amide bonds. The van der Waals surface area contributed by atoms with Crippen molar-refractivity contribution >= 4 is 12.0 Å². The van der Waals surface area contributed by atoms with Crippen LogP contribution in [0.15, 0.2) is 36.5 Å². The second-order valence-corrected chi connectivity index (χ2v) is 6.67. The maximum absolute atomic E-state index is 12.4. The predicted octanol–water partition coefficient (Wildman–Crippen LogP) is 4.64. The van der Waals surface area contributed by atoms with Crippen molar-refractivity contribution < 1.29 is 19.1 Å². The van der Waals surface area contributed by atoms with Gasteiger partial charge in [-0.1, -0.05) is 43.7 Å². The molecule has 142 valence electrons. The van der Waals surface area contributed by atoms with Crippen LogP contribution in [-0.2, 0) is 14.3 Å². The number of carbonyl (C=O) groups is 2. The standard InChI is InChI=1S/C20H33NO4/c1-7-9-11-14-18(22)21(19(23)25-20(4,5)6)17(3)13-12-16-24-15-10-8-2/h7,9,11-14,17H,8,10,15-16H2,1-6H3/b9-7+,13-12-,14-11+/t17-/m1/s1. The second-order valence-electron chi connectivity index (χ2n) is 6.67. The van der Waals surface area contributed by atoms with Gasteiger partial charge in [0, 0.05) is 12.7 Å². The van der Waals surface area contributed by atoms with Crippen LogP contribution in [0.2, 0.25) is 0 Å². The number of nitrogens with zero attached hydrogens (tertiary/aromatic N) is 1. The predicted molar refractivity (Wildman–Crippen MR) is 101 cm³/mol. The quantitative estimate of drug-likeness (QED) is 0.263. The van der Waals surface area contributed by atoms with E-state index in [1.54, 1.807) is 52.0 Å². The molecule has 0 fully saturated rings. The minimum atomic E-state index is -0.671. The smallest absolute Gasteiger partial charge is 0.417 e. The first kappa shape index (κ1) is 23.1. The SMILES string of the molecule is C/C=C/C=C/C(=O)N(C(=O)OC(C)(C)C)[C@H](C)/C=C\COCCCC. The van der Waals surface area contributed by atoms with E-state index in [0.717, 1.165) is 17.7 Å². The van der Waals surface area contributed by atoms with Crippen molar-refractivity contribution in [1.82, 2.24) is 4.90 Å². The Morgan fingerprint density at radius 1 is 1.20 bits per heavy atom. The van der Waals surface area contributed by atoms with E-state index < -0.39 is 23.6 Å². The van der Waals surface area contributed by atoms with Crippen molar-refractivity contribution in [3.8, 4) is 0 Å². The van der Waals surface area contributed by atoms with Crippen LogP contribution in [0.5, 0.6) is 0 Å². The van der Waals surface area contributed by atoms with Crippen LogP contribution < -0.4 is 0 Å². The molecular weight excluding hydrogens is 318 g/mol. The van der Waals surface area contributed by atoms with Crippen molar-refractivity contribution in [3.05, 3.63) is 36.5 Å². The molecule has 0 aliphatic carbocycles. The molecule has 5 heteroatoms. The van der Waals surface area contributed by atoms with Gasteiger partial charge in [-0.15, -0.1) is 0 Å². The zero-order valence-electron chi connectivity index (χ0n) is 16.5. The van der Waals surface area contributed by atoms with Crippen LogP contribution in [-0.4, -0.2) is 41.8 Å². The minimum Gasteiger partial charge on any atom is -0.443 e. The molecular formula is C20H33NO4. The fraction of sp³-hybridized carbons (Fsp3) is 0.600. The molecule has 0 saturated heterocycles. The van der Waals surface area contributed by atoms with E-state index >= 15 is 0 Å². The van der Waals surface area contributed by atoms with Gasteiger partial charge in [0.05, 0.1) is 12.6 Å². The van der Waals surface area contributed by atoms with Gasteiger partial charge < -0.3 is 9.47 Å². The topological polar surface area (TPSA) is 55.8 Å². The van der Waals surface area contributed by atoms with E-state index in [-0.39, 0.29) is 0 Å².